The molecule has 108 valence electrons. The van der Waals surface area contributed by atoms with Crippen LogP contribution in [0.25, 0.3) is 20.4 Å². The molecule has 2 N–H and O–H groups in total. The topological polar surface area (TPSA) is 75.1 Å². The molecule has 0 atom stereocenters. The van der Waals surface area contributed by atoms with Gasteiger partial charge in [0.05, 0.1) is 31.5 Å². The second-order valence-corrected chi connectivity index (χ2v) is 6.46. The molecule has 2 heterocycles. The zero-order chi connectivity index (χ0) is 15.1. The van der Waals surface area contributed by atoms with Gasteiger partial charge in [-0.1, -0.05) is 23.5 Å². The molecule has 4 aromatic rings. The zero-order valence-corrected chi connectivity index (χ0v) is 12.7. The highest BCUT2D eigenvalue weighted by atomic mass is 32.1. The number of fused-ring (bicyclic) bond motifs is 3. The van der Waals surface area contributed by atoms with E-state index in [2.05, 4.69) is 15.3 Å². The number of amides is 1. The van der Waals surface area contributed by atoms with Gasteiger partial charge in [-0.25, -0.2) is 9.97 Å². The Morgan fingerprint density at radius 1 is 1.09 bits per heavy atom. The molecule has 0 unspecified atom stereocenters. The molecule has 0 radical (unpaired) electrons. The maximum absolute atomic E-state index is 12.2. The van der Waals surface area contributed by atoms with Gasteiger partial charge >= 0.3 is 0 Å². The van der Waals surface area contributed by atoms with Crippen LogP contribution in [0.5, 0.6) is 5.75 Å². The Hall–Kier alpha value is -2.51. The fraction of sp³-hybridized carbons (Fsp3) is 0. The minimum Gasteiger partial charge on any atom is -0.507 e. The Kier molecular flexibility index (Phi) is 3.02. The van der Waals surface area contributed by atoms with Crippen molar-refractivity contribution in [3.05, 3.63) is 47.5 Å². The number of nitrogens with zero attached hydrogens (tertiary/aromatic N) is 2. The molecule has 0 saturated heterocycles. The summed E-state index contributed by atoms with van der Waals surface area (Å²) < 4.78 is 2.07. The van der Waals surface area contributed by atoms with E-state index in [1.807, 2.05) is 12.1 Å². The summed E-state index contributed by atoms with van der Waals surface area (Å²) in [6.07, 6.45) is 0. The number of rotatable bonds is 2. The molecule has 4 rings (SSSR count). The predicted octanol–water partition coefficient (Wildman–Crippen LogP) is 3.86. The van der Waals surface area contributed by atoms with Crippen LogP contribution in [-0.2, 0) is 0 Å². The molecule has 0 aliphatic rings. The lowest BCUT2D eigenvalue weighted by Crippen LogP contribution is -2.11. The van der Waals surface area contributed by atoms with Gasteiger partial charge in [-0.15, -0.1) is 11.3 Å². The average molecular weight is 327 g/mol. The Bertz CT molecular complexity index is 1010. The van der Waals surface area contributed by atoms with Crippen LogP contribution in [-0.4, -0.2) is 21.0 Å². The van der Waals surface area contributed by atoms with E-state index in [1.54, 1.807) is 35.0 Å². The van der Waals surface area contributed by atoms with Gasteiger partial charge < -0.3 is 5.11 Å². The van der Waals surface area contributed by atoms with Crippen molar-refractivity contribution >= 4 is 54.1 Å². The highest BCUT2D eigenvalue weighted by molar-refractivity contribution is 7.28. The maximum Gasteiger partial charge on any atom is 0.261 e. The van der Waals surface area contributed by atoms with E-state index in [9.17, 15) is 9.90 Å². The number of hydrogen-bond acceptors (Lipinski definition) is 6. The third kappa shape index (κ3) is 2.11. The molecule has 22 heavy (non-hydrogen) atoms. The van der Waals surface area contributed by atoms with Crippen LogP contribution in [0.15, 0.2) is 41.9 Å². The second kappa shape index (κ2) is 5.04. The van der Waals surface area contributed by atoms with Gasteiger partial charge in [0.2, 0.25) is 0 Å². The van der Waals surface area contributed by atoms with Crippen LogP contribution in [0, 0.1) is 0 Å². The monoisotopic (exact) mass is 327 g/mol. The van der Waals surface area contributed by atoms with Crippen molar-refractivity contribution in [1.29, 1.82) is 0 Å². The summed E-state index contributed by atoms with van der Waals surface area (Å²) in [5.41, 5.74) is 3.78. The molecule has 0 bridgehead atoms. The lowest BCUT2D eigenvalue weighted by molar-refractivity contribution is 0.102. The van der Waals surface area contributed by atoms with E-state index in [0.717, 1.165) is 20.4 Å². The van der Waals surface area contributed by atoms with Crippen LogP contribution in [0.1, 0.15) is 10.4 Å². The van der Waals surface area contributed by atoms with Crippen molar-refractivity contribution in [2.75, 3.05) is 5.32 Å². The second-order valence-electron chi connectivity index (χ2n) is 4.60. The minimum absolute atomic E-state index is 0.0500. The molecule has 7 heteroatoms. The number of nitrogens with one attached hydrogen (secondary N) is 1. The van der Waals surface area contributed by atoms with Crippen LogP contribution in [0.2, 0.25) is 0 Å². The van der Waals surface area contributed by atoms with Crippen molar-refractivity contribution in [3.8, 4) is 5.75 Å². The van der Waals surface area contributed by atoms with E-state index in [0.29, 0.717) is 5.13 Å². The predicted molar refractivity (Wildman–Crippen MR) is 88.9 cm³/mol. The number of phenols is 1. The Balaban J connectivity index is 1.72. The van der Waals surface area contributed by atoms with Crippen molar-refractivity contribution in [3.63, 3.8) is 0 Å². The summed E-state index contributed by atoms with van der Waals surface area (Å²) in [5, 5.41) is 13.0. The first-order chi connectivity index (χ1) is 10.7. The first kappa shape index (κ1) is 13.2. The summed E-state index contributed by atoms with van der Waals surface area (Å²) in [6.45, 7) is 0. The van der Waals surface area contributed by atoms with Gasteiger partial charge in [0, 0.05) is 0 Å². The van der Waals surface area contributed by atoms with Gasteiger partial charge in [0.1, 0.15) is 5.75 Å². The highest BCUT2D eigenvalue weighted by Gasteiger charge is 2.14. The van der Waals surface area contributed by atoms with Crippen LogP contribution in [0.3, 0.4) is 0 Å². The van der Waals surface area contributed by atoms with Gasteiger partial charge in [0.15, 0.2) is 5.13 Å². The van der Waals surface area contributed by atoms with Crippen LogP contribution < -0.4 is 5.32 Å². The third-order valence-electron chi connectivity index (χ3n) is 3.22. The van der Waals surface area contributed by atoms with Gasteiger partial charge in [-0.2, -0.15) is 0 Å². The Morgan fingerprint density at radius 3 is 2.77 bits per heavy atom. The van der Waals surface area contributed by atoms with E-state index in [-0.39, 0.29) is 17.2 Å². The molecule has 5 nitrogen and oxygen atoms in total. The molecule has 1 amide bonds. The SMILES string of the molecule is O=C(Nc1nc2ccc3ncsc3c2s1)c1ccccc1O. The standard InChI is InChI=1S/C15H9N3O2S2/c19-11-4-2-1-3-8(11)14(20)18-15-17-10-6-5-9-12(13(10)22-15)21-7-16-9/h1-7,19H,(H,17,18,20). The number of carbonyl (C=O) groups is 1. The zero-order valence-electron chi connectivity index (χ0n) is 11.1. The normalized spacial score (nSPS) is 11.1. The Morgan fingerprint density at radius 2 is 1.91 bits per heavy atom. The molecule has 0 spiro atoms. The molecule has 0 fully saturated rings. The van der Waals surface area contributed by atoms with E-state index in [4.69, 9.17) is 0 Å². The molecule has 2 aromatic heterocycles. The lowest BCUT2D eigenvalue weighted by Gasteiger charge is -2.03. The molecule has 0 saturated carbocycles. The van der Waals surface area contributed by atoms with Gasteiger partial charge in [-0.05, 0) is 24.3 Å². The van der Waals surface area contributed by atoms with Crippen molar-refractivity contribution in [1.82, 2.24) is 9.97 Å². The smallest absolute Gasteiger partial charge is 0.261 e. The first-order valence-electron chi connectivity index (χ1n) is 6.44. The fourth-order valence-corrected chi connectivity index (χ4v) is 4.08. The van der Waals surface area contributed by atoms with E-state index in [1.165, 1.54) is 17.4 Å². The number of anilines is 1. The fourth-order valence-electron chi connectivity index (χ4n) is 2.19. The summed E-state index contributed by atoms with van der Waals surface area (Å²) >= 11 is 2.96. The summed E-state index contributed by atoms with van der Waals surface area (Å²) in [4.78, 5) is 20.9. The number of carbonyl (C=O) groups excluding carboxylic acids is 1. The summed E-state index contributed by atoms with van der Waals surface area (Å²) in [7, 11) is 0. The molecular weight excluding hydrogens is 318 g/mol. The van der Waals surface area contributed by atoms with E-state index < -0.39 is 0 Å². The van der Waals surface area contributed by atoms with Crippen LogP contribution in [0.4, 0.5) is 5.13 Å². The van der Waals surface area contributed by atoms with Crippen molar-refractivity contribution in [2.24, 2.45) is 0 Å². The summed E-state index contributed by atoms with van der Waals surface area (Å²) in [5.74, 6) is -0.427. The quantitative estimate of drug-likeness (QED) is 0.586. The lowest BCUT2D eigenvalue weighted by atomic mass is 10.2. The number of para-hydroxylation sites is 1. The summed E-state index contributed by atoms with van der Waals surface area (Å²) in [6, 6.07) is 10.2. The molecule has 0 aliphatic carbocycles. The van der Waals surface area contributed by atoms with Crippen molar-refractivity contribution < 1.29 is 9.90 Å². The number of aromatic hydroxyl groups is 1. The third-order valence-corrected chi connectivity index (χ3v) is 5.22. The average Bonchev–Trinajstić information content (AvgIpc) is 3.12. The highest BCUT2D eigenvalue weighted by Crippen LogP contribution is 2.34. The maximum atomic E-state index is 12.2. The van der Waals surface area contributed by atoms with Gasteiger partial charge in [-0.3, -0.25) is 10.1 Å². The number of aromatic nitrogens is 2. The number of phenolic OH excluding ortho intramolecular Hbond substituents is 1. The molecule has 0 aliphatic heterocycles. The minimum atomic E-state index is -0.377. The number of hydrogen-bond donors (Lipinski definition) is 2. The number of benzene rings is 2. The van der Waals surface area contributed by atoms with Crippen LogP contribution >= 0.6 is 22.7 Å². The largest absolute Gasteiger partial charge is 0.507 e. The van der Waals surface area contributed by atoms with Crippen molar-refractivity contribution in [2.45, 2.75) is 0 Å². The van der Waals surface area contributed by atoms with E-state index >= 15 is 0 Å². The van der Waals surface area contributed by atoms with Gasteiger partial charge in [0.25, 0.3) is 5.91 Å². The number of thiazole rings is 2. The molecular formula is C15H9N3O2S2. The molecule has 2 aromatic carbocycles. The Labute approximate surface area is 132 Å². The first-order valence-corrected chi connectivity index (χ1v) is 8.14.